The van der Waals surface area contributed by atoms with E-state index in [1.807, 2.05) is 30.3 Å². The minimum absolute atomic E-state index is 0.0853. The summed E-state index contributed by atoms with van der Waals surface area (Å²) in [6.45, 7) is 0.200. The number of hydrogen-bond donors (Lipinski definition) is 2. The molecule has 0 aliphatic rings. The van der Waals surface area contributed by atoms with Gasteiger partial charge >= 0.3 is 0 Å². The zero-order chi connectivity index (χ0) is 20.8. The Morgan fingerprint density at radius 3 is 2.07 bits per heavy atom. The second kappa shape index (κ2) is 8.61. The number of carbonyl (C=O) groups excluding carboxylic acids is 1. The van der Waals surface area contributed by atoms with Gasteiger partial charge in [-0.25, -0.2) is 0 Å². The van der Waals surface area contributed by atoms with Gasteiger partial charge in [0.1, 0.15) is 5.69 Å². The molecular formula is C20H16N4O5. The predicted octanol–water partition coefficient (Wildman–Crippen LogP) is 4.37. The van der Waals surface area contributed by atoms with Crippen LogP contribution in [0.1, 0.15) is 15.9 Å². The number of amides is 1. The number of rotatable bonds is 7. The van der Waals surface area contributed by atoms with Crippen LogP contribution in [0.4, 0.5) is 22.7 Å². The van der Waals surface area contributed by atoms with E-state index in [-0.39, 0.29) is 17.8 Å². The minimum Gasteiger partial charge on any atom is -0.375 e. The van der Waals surface area contributed by atoms with Crippen molar-refractivity contribution in [1.82, 2.24) is 0 Å². The van der Waals surface area contributed by atoms with Crippen LogP contribution in [0.25, 0.3) is 0 Å². The van der Waals surface area contributed by atoms with Crippen LogP contribution in [0.15, 0.2) is 72.8 Å². The van der Waals surface area contributed by atoms with Crippen molar-refractivity contribution >= 4 is 28.7 Å². The molecule has 0 aliphatic heterocycles. The quantitative estimate of drug-likeness (QED) is 0.454. The number of nitro groups is 2. The Morgan fingerprint density at radius 2 is 1.48 bits per heavy atom. The fourth-order valence-electron chi connectivity index (χ4n) is 2.73. The molecule has 0 saturated carbocycles. The molecule has 0 unspecified atom stereocenters. The Morgan fingerprint density at radius 1 is 0.862 bits per heavy atom. The minimum atomic E-state index is -0.771. The SMILES string of the molecule is O=C(Nc1ccccc1)c1cc([N+](=O)[O-])cc([N+](=O)[O-])c1NCc1ccccc1. The smallest absolute Gasteiger partial charge is 0.300 e. The number of hydrogen-bond acceptors (Lipinski definition) is 6. The van der Waals surface area contributed by atoms with Gasteiger partial charge in [-0.1, -0.05) is 48.5 Å². The third-order valence-corrected chi connectivity index (χ3v) is 4.10. The highest BCUT2D eigenvalue weighted by atomic mass is 16.6. The van der Waals surface area contributed by atoms with Crippen molar-refractivity contribution in [3.05, 3.63) is 104 Å². The molecule has 0 bridgehead atoms. The van der Waals surface area contributed by atoms with Gasteiger partial charge in [-0.05, 0) is 17.7 Å². The Bertz CT molecular complexity index is 1060. The van der Waals surface area contributed by atoms with Crippen LogP contribution in [-0.2, 0) is 6.54 Å². The second-order valence-corrected chi connectivity index (χ2v) is 6.06. The lowest BCUT2D eigenvalue weighted by molar-refractivity contribution is -0.393. The number of nitrogens with one attached hydrogen (secondary N) is 2. The van der Waals surface area contributed by atoms with Gasteiger partial charge in [0.25, 0.3) is 17.3 Å². The lowest BCUT2D eigenvalue weighted by Gasteiger charge is -2.13. The second-order valence-electron chi connectivity index (χ2n) is 6.06. The summed E-state index contributed by atoms with van der Waals surface area (Å²) in [5, 5.41) is 28.3. The first kappa shape index (κ1) is 19.5. The van der Waals surface area contributed by atoms with Crippen LogP contribution in [0.5, 0.6) is 0 Å². The molecule has 0 radical (unpaired) electrons. The lowest BCUT2D eigenvalue weighted by atomic mass is 10.1. The standard InChI is InChI=1S/C20H16N4O5/c25-20(22-15-9-5-2-6-10-15)17-11-16(23(26)27)12-18(24(28)29)19(17)21-13-14-7-3-1-4-8-14/h1-12,21H,13H2,(H,22,25). The molecule has 0 heterocycles. The van der Waals surface area contributed by atoms with Crippen LogP contribution in [0.3, 0.4) is 0 Å². The van der Waals surface area contributed by atoms with Crippen molar-refractivity contribution in [2.45, 2.75) is 6.54 Å². The highest BCUT2D eigenvalue weighted by Gasteiger charge is 2.27. The molecule has 3 rings (SSSR count). The van der Waals surface area contributed by atoms with E-state index in [1.54, 1.807) is 30.3 Å². The molecule has 0 fully saturated rings. The first-order chi connectivity index (χ1) is 14.0. The third-order valence-electron chi connectivity index (χ3n) is 4.10. The molecule has 3 aromatic carbocycles. The highest BCUT2D eigenvalue weighted by molar-refractivity contribution is 6.10. The van der Waals surface area contributed by atoms with Crippen molar-refractivity contribution in [2.24, 2.45) is 0 Å². The maximum Gasteiger partial charge on any atom is 0.300 e. The molecule has 2 N–H and O–H groups in total. The fourth-order valence-corrected chi connectivity index (χ4v) is 2.73. The highest BCUT2D eigenvalue weighted by Crippen LogP contribution is 2.34. The van der Waals surface area contributed by atoms with Crippen LogP contribution in [0.2, 0.25) is 0 Å². The van der Waals surface area contributed by atoms with Crippen molar-refractivity contribution < 1.29 is 14.6 Å². The van der Waals surface area contributed by atoms with Gasteiger partial charge in [-0.3, -0.25) is 25.0 Å². The molecule has 9 nitrogen and oxygen atoms in total. The summed E-state index contributed by atoms with van der Waals surface area (Å²) in [4.78, 5) is 34.1. The van der Waals surface area contributed by atoms with Crippen molar-refractivity contribution in [3.63, 3.8) is 0 Å². The summed E-state index contributed by atoms with van der Waals surface area (Å²) < 4.78 is 0. The normalized spacial score (nSPS) is 10.2. The Balaban J connectivity index is 2.03. The van der Waals surface area contributed by atoms with E-state index in [0.29, 0.717) is 5.69 Å². The zero-order valence-electron chi connectivity index (χ0n) is 15.1. The summed E-state index contributed by atoms with van der Waals surface area (Å²) in [7, 11) is 0. The zero-order valence-corrected chi connectivity index (χ0v) is 15.1. The average Bonchev–Trinajstić information content (AvgIpc) is 2.73. The van der Waals surface area contributed by atoms with Crippen molar-refractivity contribution in [1.29, 1.82) is 0 Å². The molecule has 0 aliphatic carbocycles. The Hall–Kier alpha value is -4.27. The maximum absolute atomic E-state index is 12.8. The largest absolute Gasteiger partial charge is 0.375 e. The van der Waals surface area contributed by atoms with E-state index in [4.69, 9.17) is 0 Å². The molecule has 1 amide bonds. The molecule has 3 aromatic rings. The van der Waals surface area contributed by atoms with E-state index >= 15 is 0 Å². The average molecular weight is 392 g/mol. The predicted molar refractivity (Wildman–Crippen MR) is 108 cm³/mol. The van der Waals surface area contributed by atoms with Crippen molar-refractivity contribution in [2.75, 3.05) is 10.6 Å². The molecule has 0 atom stereocenters. The van der Waals surface area contributed by atoms with Gasteiger partial charge < -0.3 is 10.6 Å². The number of carbonyl (C=O) groups is 1. The summed E-state index contributed by atoms with van der Waals surface area (Å²) in [6.07, 6.45) is 0. The van der Waals surface area contributed by atoms with Crippen molar-refractivity contribution in [3.8, 4) is 0 Å². The van der Waals surface area contributed by atoms with Gasteiger partial charge in [-0.15, -0.1) is 0 Å². The van der Waals surface area contributed by atoms with E-state index < -0.39 is 27.1 Å². The number of para-hydroxylation sites is 1. The van der Waals surface area contributed by atoms with E-state index in [9.17, 15) is 25.0 Å². The monoisotopic (exact) mass is 392 g/mol. The summed E-state index contributed by atoms with van der Waals surface area (Å²) in [6, 6.07) is 19.4. The summed E-state index contributed by atoms with van der Waals surface area (Å²) in [5.74, 6) is -0.696. The van der Waals surface area contributed by atoms with E-state index in [0.717, 1.165) is 17.7 Å². The number of anilines is 2. The van der Waals surface area contributed by atoms with Gasteiger partial charge in [0.15, 0.2) is 0 Å². The topological polar surface area (TPSA) is 127 Å². The van der Waals surface area contributed by atoms with Crippen LogP contribution < -0.4 is 10.6 Å². The number of non-ortho nitro benzene ring substituents is 1. The van der Waals surface area contributed by atoms with Crippen LogP contribution in [0, 0.1) is 20.2 Å². The number of benzene rings is 3. The number of nitrogens with zero attached hydrogens (tertiary/aromatic N) is 2. The van der Waals surface area contributed by atoms with Gasteiger partial charge in [0, 0.05) is 18.3 Å². The Kier molecular flexibility index (Phi) is 5.79. The molecule has 0 saturated heterocycles. The van der Waals surface area contributed by atoms with E-state index in [2.05, 4.69) is 10.6 Å². The van der Waals surface area contributed by atoms with Gasteiger partial charge in [0.05, 0.1) is 21.5 Å². The van der Waals surface area contributed by atoms with Gasteiger partial charge in [0.2, 0.25) is 0 Å². The fraction of sp³-hybridized carbons (Fsp3) is 0.0500. The molecule has 9 heteroatoms. The maximum atomic E-state index is 12.8. The number of nitro benzene ring substituents is 2. The molecule has 29 heavy (non-hydrogen) atoms. The molecular weight excluding hydrogens is 376 g/mol. The third kappa shape index (κ3) is 4.72. The summed E-state index contributed by atoms with van der Waals surface area (Å²) in [5.41, 5.74) is -0.0766. The lowest BCUT2D eigenvalue weighted by Crippen LogP contribution is -2.16. The Labute approximate surface area is 165 Å². The molecule has 146 valence electrons. The van der Waals surface area contributed by atoms with Gasteiger partial charge in [-0.2, -0.15) is 0 Å². The van der Waals surface area contributed by atoms with Crippen LogP contribution >= 0.6 is 0 Å². The first-order valence-corrected chi connectivity index (χ1v) is 8.56. The molecule has 0 spiro atoms. The molecule has 0 aromatic heterocycles. The first-order valence-electron chi connectivity index (χ1n) is 8.56. The van der Waals surface area contributed by atoms with Crippen LogP contribution in [-0.4, -0.2) is 15.8 Å². The summed E-state index contributed by atoms with van der Waals surface area (Å²) >= 11 is 0. The van der Waals surface area contributed by atoms with E-state index in [1.165, 1.54) is 0 Å².